The van der Waals surface area contributed by atoms with Crippen LogP contribution in [0.1, 0.15) is 12.8 Å². The normalized spacial score (nSPS) is 15.7. The molecule has 0 bridgehead atoms. The minimum Gasteiger partial charge on any atom is -0.355 e. The second-order valence-corrected chi connectivity index (χ2v) is 4.58. The number of nitrogens with zero attached hydrogens (tertiary/aromatic N) is 2. The van der Waals surface area contributed by atoms with Crippen molar-refractivity contribution in [3.63, 3.8) is 0 Å². The van der Waals surface area contributed by atoms with E-state index in [4.69, 9.17) is 34.8 Å². The van der Waals surface area contributed by atoms with Crippen molar-refractivity contribution < 1.29 is 0 Å². The van der Waals surface area contributed by atoms with Gasteiger partial charge in [0.1, 0.15) is 11.0 Å². The summed E-state index contributed by atoms with van der Waals surface area (Å²) < 4.78 is 0. The van der Waals surface area contributed by atoms with E-state index in [9.17, 15) is 0 Å². The Morgan fingerprint density at radius 3 is 2.50 bits per heavy atom. The Kier molecular flexibility index (Phi) is 2.78. The molecular weight excluding hydrogens is 242 g/mol. The molecule has 1 heterocycles. The quantitative estimate of drug-likeness (QED) is 0.746. The van der Waals surface area contributed by atoms with Gasteiger partial charge in [-0.2, -0.15) is 0 Å². The lowest BCUT2D eigenvalue weighted by Gasteiger charge is -2.18. The van der Waals surface area contributed by atoms with Gasteiger partial charge >= 0.3 is 0 Å². The van der Waals surface area contributed by atoms with Crippen LogP contribution >= 0.6 is 34.8 Å². The Labute approximate surface area is 97.8 Å². The highest BCUT2D eigenvalue weighted by Crippen LogP contribution is 2.36. The van der Waals surface area contributed by atoms with Crippen LogP contribution in [0.5, 0.6) is 0 Å². The Hall–Kier alpha value is -0.180. The lowest BCUT2D eigenvalue weighted by Crippen LogP contribution is -2.21. The predicted molar refractivity (Wildman–Crippen MR) is 60.7 cm³/mol. The number of pyridine rings is 1. The van der Waals surface area contributed by atoms with Gasteiger partial charge in [0.25, 0.3) is 0 Å². The fourth-order valence-corrected chi connectivity index (χ4v) is 1.94. The molecule has 0 aromatic carbocycles. The third-order valence-corrected chi connectivity index (χ3v) is 3.25. The molecule has 0 atom stereocenters. The Bertz CT molecular complexity index is 363. The van der Waals surface area contributed by atoms with Crippen molar-refractivity contribution >= 4 is 40.6 Å². The van der Waals surface area contributed by atoms with Crippen LogP contribution in [-0.4, -0.2) is 18.1 Å². The van der Waals surface area contributed by atoms with E-state index in [1.54, 1.807) is 6.07 Å². The zero-order valence-electron chi connectivity index (χ0n) is 7.60. The first-order chi connectivity index (χ1) is 6.59. The van der Waals surface area contributed by atoms with Crippen LogP contribution in [0.25, 0.3) is 0 Å². The first-order valence-corrected chi connectivity index (χ1v) is 5.47. The van der Waals surface area contributed by atoms with Crippen LogP contribution in [0.3, 0.4) is 0 Å². The van der Waals surface area contributed by atoms with Crippen molar-refractivity contribution in [3.05, 3.63) is 21.3 Å². The number of rotatable bonds is 2. The Balaban J connectivity index is 2.36. The minimum atomic E-state index is 0.304. The van der Waals surface area contributed by atoms with E-state index in [2.05, 4.69) is 4.98 Å². The summed E-state index contributed by atoms with van der Waals surface area (Å²) in [6.07, 6.45) is 2.38. The molecule has 1 aliphatic rings. The molecule has 0 aliphatic heterocycles. The van der Waals surface area contributed by atoms with Gasteiger partial charge in [0.15, 0.2) is 0 Å². The average molecular weight is 252 g/mol. The van der Waals surface area contributed by atoms with E-state index in [-0.39, 0.29) is 0 Å². The fraction of sp³-hybridized carbons (Fsp3) is 0.444. The van der Waals surface area contributed by atoms with Gasteiger partial charge < -0.3 is 4.90 Å². The van der Waals surface area contributed by atoms with E-state index in [1.165, 1.54) is 12.8 Å². The number of anilines is 1. The molecule has 76 valence electrons. The van der Waals surface area contributed by atoms with Crippen LogP contribution in [0.4, 0.5) is 5.82 Å². The third kappa shape index (κ3) is 1.92. The molecule has 0 amide bonds. The van der Waals surface area contributed by atoms with E-state index in [0.717, 1.165) is 0 Å². The molecule has 0 N–H and O–H groups in total. The zero-order valence-corrected chi connectivity index (χ0v) is 9.87. The van der Waals surface area contributed by atoms with Crippen molar-refractivity contribution in [2.45, 2.75) is 18.9 Å². The van der Waals surface area contributed by atoms with Gasteiger partial charge in [0.2, 0.25) is 0 Å². The minimum absolute atomic E-state index is 0.304. The van der Waals surface area contributed by atoms with Crippen molar-refractivity contribution in [2.24, 2.45) is 0 Å². The maximum atomic E-state index is 6.02. The molecule has 0 spiro atoms. The average Bonchev–Trinajstić information content (AvgIpc) is 2.93. The van der Waals surface area contributed by atoms with Gasteiger partial charge in [-0.15, -0.1) is 0 Å². The zero-order chi connectivity index (χ0) is 10.3. The highest BCUT2D eigenvalue weighted by molar-refractivity contribution is 6.42. The topological polar surface area (TPSA) is 16.1 Å². The molecule has 1 fully saturated rings. The largest absolute Gasteiger partial charge is 0.355 e. The van der Waals surface area contributed by atoms with E-state index in [0.29, 0.717) is 27.1 Å². The van der Waals surface area contributed by atoms with Crippen molar-refractivity contribution in [2.75, 3.05) is 11.9 Å². The standard InChI is InChI=1S/C9H9Cl3N2/c1-14(5-2-3-5)9-7(11)4-6(10)8(12)13-9/h4-5H,2-3H2,1H3. The summed E-state index contributed by atoms with van der Waals surface area (Å²) in [4.78, 5) is 6.21. The smallest absolute Gasteiger partial charge is 0.150 e. The molecule has 1 aliphatic carbocycles. The van der Waals surface area contributed by atoms with E-state index in [1.807, 2.05) is 11.9 Å². The van der Waals surface area contributed by atoms with Gasteiger partial charge in [0, 0.05) is 13.1 Å². The highest BCUT2D eigenvalue weighted by atomic mass is 35.5. The first-order valence-electron chi connectivity index (χ1n) is 4.34. The summed E-state index contributed by atoms with van der Waals surface area (Å²) in [5.74, 6) is 0.712. The fourth-order valence-electron chi connectivity index (χ4n) is 1.32. The maximum absolute atomic E-state index is 6.02. The molecule has 1 saturated carbocycles. The van der Waals surface area contributed by atoms with Gasteiger partial charge in [0.05, 0.1) is 10.0 Å². The predicted octanol–water partition coefficient (Wildman–Crippen LogP) is 3.64. The van der Waals surface area contributed by atoms with Crippen LogP contribution in [-0.2, 0) is 0 Å². The summed E-state index contributed by atoms with van der Waals surface area (Å²) in [5, 5.41) is 1.25. The lowest BCUT2D eigenvalue weighted by molar-refractivity contribution is 0.892. The van der Waals surface area contributed by atoms with Gasteiger partial charge in [-0.25, -0.2) is 4.98 Å². The van der Waals surface area contributed by atoms with E-state index >= 15 is 0 Å². The molecule has 0 unspecified atom stereocenters. The summed E-state index contributed by atoms with van der Waals surface area (Å²) in [7, 11) is 1.97. The number of halogens is 3. The van der Waals surface area contributed by atoms with E-state index < -0.39 is 0 Å². The molecule has 2 rings (SSSR count). The molecule has 1 aromatic rings. The number of aromatic nitrogens is 1. The van der Waals surface area contributed by atoms with Gasteiger partial charge in [-0.1, -0.05) is 34.8 Å². The van der Waals surface area contributed by atoms with Gasteiger partial charge in [-0.05, 0) is 18.9 Å². The third-order valence-electron chi connectivity index (χ3n) is 2.30. The second kappa shape index (κ2) is 3.76. The molecule has 1 aromatic heterocycles. The van der Waals surface area contributed by atoms with Crippen molar-refractivity contribution in [1.29, 1.82) is 0 Å². The second-order valence-electron chi connectivity index (χ2n) is 3.41. The maximum Gasteiger partial charge on any atom is 0.150 e. The van der Waals surface area contributed by atoms with Crippen LogP contribution in [0, 0.1) is 0 Å². The van der Waals surface area contributed by atoms with Crippen molar-refractivity contribution in [3.8, 4) is 0 Å². The number of hydrogen-bond donors (Lipinski definition) is 0. The SMILES string of the molecule is CN(c1nc(Cl)c(Cl)cc1Cl)C1CC1. The van der Waals surface area contributed by atoms with Crippen LogP contribution < -0.4 is 4.90 Å². The molecule has 0 saturated heterocycles. The molecule has 5 heteroatoms. The van der Waals surface area contributed by atoms with Crippen molar-refractivity contribution in [1.82, 2.24) is 4.98 Å². The first kappa shape index (κ1) is 10.3. The van der Waals surface area contributed by atoms with Crippen LogP contribution in [0.15, 0.2) is 6.07 Å². The summed E-state index contributed by atoms with van der Waals surface area (Å²) in [5.41, 5.74) is 0. The summed E-state index contributed by atoms with van der Waals surface area (Å²) in [6, 6.07) is 2.18. The molecule has 0 radical (unpaired) electrons. The summed E-state index contributed by atoms with van der Waals surface area (Å²) >= 11 is 17.6. The lowest BCUT2D eigenvalue weighted by atomic mass is 10.4. The van der Waals surface area contributed by atoms with Gasteiger partial charge in [-0.3, -0.25) is 0 Å². The highest BCUT2D eigenvalue weighted by Gasteiger charge is 2.28. The monoisotopic (exact) mass is 250 g/mol. The molecular formula is C9H9Cl3N2. The summed E-state index contributed by atoms with van der Waals surface area (Å²) in [6.45, 7) is 0. The molecule has 2 nitrogen and oxygen atoms in total. The van der Waals surface area contributed by atoms with Crippen LogP contribution in [0.2, 0.25) is 15.2 Å². The molecule has 14 heavy (non-hydrogen) atoms. The Morgan fingerprint density at radius 2 is 1.93 bits per heavy atom. The number of hydrogen-bond acceptors (Lipinski definition) is 2. The Morgan fingerprint density at radius 1 is 1.29 bits per heavy atom.